The van der Waals surface area contributed by atoms with Crippen LogP contribution in [-0.2, 0) is 11.2 Å². The molecule has 0 bridgehead atoms. The van der Waals surface area contributed by atoms with Crippen molar-refractivity contribution >= 4 is 11.6 Å². The number of nitrogens with zero attached hydrogens (tertiary/aromatic N) is 2. The molecular weight excluding hydrogens is 300 g/mol. The summed E-state index contributed by atoms with van der Waals surface area (Å²) in [5, 5.41) is 6.39. The molecule has 0 radical (unpaired) electrons. The van der Waals surface area contributed by atoms with Crippen LogP contribution < -0.4 is 4.74 Å². The fourth-order valence-electron chi connectivity index (χ4n) is 3.88. The van der Waals surface area contributed by atoms with E-state index in [0.29, 0.717) is 0 Å². The predicted octanol–water partition coefficient (Wildman–Crippen LogP) is 3.57. The van der Waals surface area contributed by atoms with Crippen LogP contribution in [0.4, 0.5) is 0 Å². The summed E-state index contributed by atoms with van der Waals surface area (Å²) in [6.07, 6.45) is 1.97. The number of benzene rings is 2. The van der Waals surface area contributed by atoms with Gasteiger partial charge in [0.1, 0.15) is 5.75 Å². The summed E-state index contributed by atoms with van der Waals surface area (Å²) < 4.78 is 5.34. The van der Waals surface area contributed by atoms with Crippen molar-refractivity contribution in [2.24, 2.45) is 11.0 Å². The Morgan fingerprint density at radius 2 is 2.00 bits per heavy atom. The minimum atomic E-state index is -0.0131. The molecule has 0 N–H and O–H groups in total. The minimum Gasteiger partial charge on any atom is -0.497 e. The number of fused-ring (bicyclic) bond motifs is 3. The van der Waals surface area contributed by atoms with Crippen LogP contribution >= 0.6 is 0 Å². The highest BCUT2D eigenvalue weighted by atomic mass is 16.5. The minimum absolute atomic E-state index is 0.00560. The molecule has 0 aromatic heterocycles. The van der Waals surface area contributed by atoms with Crippen molar-refractivity contribution in [2.45, 2.75) is 25.8 Å². The molecule has 2 aromatic rings. The largest absolute Gasteiger partial charge is 0.497 e. The van der Waals surface area contributed by atoms with Crippen molar-refractivity contribution < 1.29 is 9.53 Å². The fraction of sp³-hybridized carbons (Fsp3) is 0.300. The summed E-state index contributed by atoms with van der Waals surface area (Å²) in [4.78, 5) is 12.2. The number of hydrogen-bond acceptors (Lipinski definition) is 3. The number of carbonyl (C=O) groups excluding carboxylic acids is 1. The maximum absolute atomic E-state index is 12.2. The zero-order chi connectivity index (χ0) is 16.7. The normalized spacial score (nSPS) is 21.8. The Labute approximate surface area is 141 Å². The highest BCUT2D eigenvalue weighted by Crippen LogP contribution is 2.43. The lowest BCUT2D eigenvalue weighted by Crippen LogP contribution is -2.30. The van der Waals surface area contributed by atoms with Crippen LogP contribution in [0.1, 0.15) is 36.1 Å². The first-order valence-corrected chi connectivity index (χ1v) is 8.29. The zero-order valence-corrected chi connectivity index (χ0v) is 13.9. The monoisotopic (exact) mass is 320 g/mol. The molecule has 2 aliphatic rings. The third-order valence-corrected chi connectivity index (χ3v) is 4.99. The van der Waals surface area contributed by atoms with Gasteiger partial charge in [0.2, 0.25) is 5.91 Å². The van der Waals surface area contributed by atoms with Crippen LogP contribution in [0.2, 0.25) is 0 Å². The third kappa shape index (κ3) is 2.30. The van der Waals surface area contributed by atoms with E-state index in [2.05, 4.69) is 24.3 Å². The van der Waals surface area contributed by atoms with E-state index in [4.69, 9.17) is 9.84 Å². The summed E-state index contributed by atoms with van der Waals surface area (Å²) in [5.41, 5.74) is 4.58. The zero-order valence-electron chi connectivity index (χ0n) is 13.9. The molecule has 1 aliphatic carbocycles. The van der Waals surface area contributed by atoms with Gasteiger partial charge in [0, 0.05) is 18.4 Å². The lowest BCUT2D eigenvalue weighted by atomic mass is 9.77. The van der Waals surface area contributed by atoms with Gasteiger partial charge in [-0.15, -0.1) is 0 Å². The van der Waals surface area contributed by atoms with E-state index in [0.717, 1.165) is 35.4 Å². The van der Waals surface area contributed by atoms with Crippen LogP contribution in [0, 0.1) is 5.92 Å². The number of methoxy groups -OCH3 is 1. The van der Waals surface area contributed by atoms with Gasteiger partial charge in [-0.2, -0.15) is 5.10 Å². The van der Waals surface area contributed by atoms with E-state index in [1.807, 2.05) is 24.3 Å². The summed E-state index contributed by atoms with van der Waals surface area (Å²) in [5.74, 6) is 1.10. The molecule has 0 spiro atoms. The SMILES string of the molecule is COc1ccc2c(c1)CC[C@@H]1C2=NN(C(C)=O)[C@H]1c1ccccc1. The Bertz CT molecular complexity index is 814. The third-order valence-electron chi connectivity index (χ3n) is 4.99. The second-order valence-electron chi connectivity index (χ2n) is 6.37. The van der Waals surface area contributed by atoms with Crippen LogP contribution in [0.15, 0.2) is 53.6 Å². The van der Waals surface area contributed by atoms with Crippen LogP contribution in [-0.4, -0.2) is 23.7 Å². The molecule has 0 unspecified atom stereocenters. The van der Waals surface area contributed by atoms with Crippen LogP contribution in [0.25, 0.3) is 0 Å². The molecule has 24 heavy (non-hydrogen) atoms. The lowest BCUT2D eigenvalue weighted by Gasteiger charge is -2.29. The number of carbonyl (C=O) groups is 1. The maximum Gasteiger partial charge on any atom is 0.240 e. The molecular formula is C20H20N2O2. The molecule has 1 amide bonds. The van der Waals surface area contributed by atoms with Gasteiger partial charge in [-0.3, -0.25) is 4.79 Å². The molecule has 4 heteroatoms. The van der Waals surface area contributed by atoms with Crippen LogP contribution in [0.3, 0.4) is 0 Å². The first-order valence-electron chi connectivity index (χ1n) is 8.29. The quantitative estimate of drug-likeness (QED) is 0.849. The van der Waals surface area contributed by atoms with E-state index < -0.39 is 0 Å². The van der Waals surface area contributed by atoms with Crippen molar-refractivity contribution in [1.29, 1.82) is 0 Å². The van der Waals surface area contributed by atoms with Gasteiger partial charge < -0.3 is 4.74 Å². The highest BCUT2D eigenvalue weighted by molar-refractivity contribution is 6.06. The average molecular weight is 320 g/mol. The fourth-order valence-corrected chi connectivity index (χ4v) is 3.88. The second-order valence-corrected chi connectivity index (χ2v) is 6.37. The Morgan fingerprint density at radius 1 is 1.21 bits per heavy atom. The summed E-state index contributed by atoms with van der Waals surface area (Å²) in [7, 11) is 1.68. The summed E-state index contributed by atoms with van der Waals surface area (Å²) >= 11 is 0. The van der Waals surface area contributed by atoms with Crippen molar-refractivity contribution in [1.82, 2.24) is 5.01 Å². The lowest BCUT2D eigenvalue weighted by molar-refractivity contribution is -0.131. The Kier molecular flexibility index (Phi) is 3.60. The average Bonchev–Trinajstić information content (AvgIpc) is 3.02. The summed E-state index contributed by atoms with van der Waals surface area (Å²) in [6.45, 7) is 1.59. The molecule has 122 valence electrons. The van der Waals surface area contributed by atoms with E-state index in [1.54, 1.807) is 19.0 Å². The topological polar surface area (TPSA) is 41.9 Å². The first-order chi connectivity index (χ1) is 11.7. The Balaban J connectivity index is 1.79. The Hall–Kier alpha value is -2.62. The van der Waals surface area contributed by atoms with Gasteiger partial charge in [0.15, 0.2) is 0 Å². The van der Waals surface area contributed by atoms with Gasteiger partial charge in [0.25, 0.3) is 0 Å². The van der Waals surface area contributed by atoms with Gasteiger partial charge >= 0.3 is 0 Å². The number of rotatable bonds is 2. The van der Waals surface area contributed by atoms with Crippen molar-refractivity contribution in [3.8, 4) is 5.75 Å². The van der Waals surface area contributed by atoms with Gasteiger partial charge in [-0.05, 0) is 42.2 Å². The van der Waals surface area contributed by atoms with Crippen molar-refractivity contribution in [3.63, 3.8) is 0 Å². The number of aryl methyl sites for hydroxylation is 1. The first kappa shape index (κ1) is 14.9. The maximum atomic E-state index is 12.2. The molecule has 2 aromatic carbocycles. The molecule has 0 saturated carbocycles. The Morgan fingerprint density at radius 3 is 2.71 bits per heavy atom. The predicted molar refractivity (Wildman–Crippen MR) is 93.0 cm³/mol. The van der Waals surface area contributed by atoms with Crippen molar-refractivity contribution in [3.05, 3.63) is 65.2 Å². The van der Waals surface area contributed by atoms with Gasteiger partial charge in [-0.25, -0.2) is 5.01 Å². The van der Waals surface area contributed by atoms with E-state index in [1.165, 1.54) is 5.56 Å². The molecule has 0 fully saturated rings. The second kappa shape index (κ2) is 5.78. The molecule has 4 nitrogen and oxygen atoms in total. The molecule has 2 atom stereocenters. The number of amides is 1. The smallest absolute Gasteiger partial charge is 0.240 e. The molecule has 4 rings (SSSR count). The van der Waals surface area contributed by atoms with E-state index in [9.17, 15) is 4.79 Å². The van der Waals surface area contributed by atoms with E-state index in [-0.39, 0.29) is 17.9 Å². The standard InChI is InChI=1S/C20H20N2O2/c1-13(23)22-20(14-6-4-3-5-7-14)18-10-8-15-12-16(24-2)9-11-17(15)19(18)21-22/h3-7,9,11-12,18,20H,8,10H2,1-2H3/t18-,20+/m1/s1. The van der Waals surface area contributed by atoms with Crippen molar-refractivity contribution in [2.75, 3.05) is 7.11 Å². The summed E-state index contributed by atoms with van der Waals surface area (Å²) in [6, 6.07) is 16.3. The highest BCUT2D eigenvalue weighted by Gasteiger charge is 2.42. The van der Waals surface area contributed by atoms with Gasteiger partial charge in [0.05, 0.1) is 18.9 Å². The number of hydrazone groups is 1. The molecule has 1 aliphatic heterocycles. The molecule has 0 saturated heterocycles. The number of hydrogen-bond donors (Lipinski definition) is 0. The number of ether oxygens (including phenoxy) is 1. The van der Waals surface area contributed by atoms with Crippen LogP contribution in [0.5, 0.6) is 5.75 Å². The van der Waals surface area contributed by atoms with Gasteiger partial charge in [-0.1, -0.05) is 30.3 Å². The van der Waals surface area contributed by atoms with E-state index >= 15 is 0 Å². The molecule has 1 heterocycles.